The topological polar surface area (TPSA) is 49.4 Å². The Morgan fingerprint density at radius 1 is 1.29 bits per heavy atom. The monoisotopic (exact) mass is 310 g/mol. The number of hydrogen-bond acceptors (Lipinski definition) is 3. The van der Waals surface area contributed by atoms with E-state index in [1.807, 2.05) is 19.9 Å². The second kappa shape index (κ2) is 6.90. The molecule has 1 aromatic rings. The summed E-state index contributed by atoms with van der Waals surface area (Å²) in [5.74, 6) is 0.417. The third kappa shape index (κ3) is 3.84. The van der Waals surface area contributed by atoms with Crippen molar-refractivity contribution in [3.63, 3.8) is 0 Å². The zero-order chi connectivity index (χ0) is 15.5. The molecule has 1 N–H and O–H groups in total. The van der Waals surface area contributed by atoms with E-state index in [0.717, 1.165) is 37.1 Å². The summed E-state index contributed by atoms with van der Waals surface area (Å²) in [6, 6.07) is 5.41. The van der Waals surface area contributed by atoms with Gasteiger partial charge in [0.2, 0.25) is 10.0 Å². The van der Waals surface area contributed by atoms with Crippen LogP contribution in [0.5, 0.6) is 0 Å². The van der Waals surface area contributed by atoms with Crippen LogP contribution in [-0.4, -0.2) is 38.9 Å². The Morgan fingerprint density at radius 2 is 2.05 bits per heavy atom. The fraction of sp³-hybridized carbons (Fsp3) is 0.625. The quantitative estimate of drug-likeness (QED) is 0.908. The van der Waals surface area contributed by atoms with E-state index in [2.05, 4.69) is 12.2 Å². The Bertz CT molecular complexity index is 584. The smallest absolute Gasteiger partial charge is 0.243 e. The van der Waals surface area contributed by atoms with E-state index in [1.54, 1.807) is 16.4 Å². The zero-order valence-corrected chi connectivity index (χ0v) is 14.0. The lowest BCUT2D eigenvalue weighted by atomic mass is 10.00. The minimum absolute atomic E-state index is 0.417. The molecule has 1 saturated heterocycles. The fourth-order valence-electron chi connectivity index (χ4n) is 2.78. The van der Waals surface area contributed by atoms with Crippen molar-refractivity contribution in [1.82, 2.24) is 9.62 Å². The minimum Gasteiger partial charge on any atom is -0.317 e. The molecule has 1 aliphatic heterocycles. The number of nitrogens with one attached hydrogen (secondary N) is 1. The number of rotatable bonds is 5. The highest BCUT2D eigenvalue weighted by molar-refractivity contribution is 7.89. The number of piperidine rings is 1. The van der Waals surface area contributed by atoms with Crippen molar-refractivity contribution in [3.05, 3.63) is 29.3 Å². The van der Waals surface area contributed by atoms with Gasteiger partial charge in [-0.3, -0.25) is 0 Å². The van der Waals surface area contributed by atoms with Crippen molar-refractivity contribution in [1.29, 1.82) is 0 Å². The molecule has 1 atom stereocenters. The van der Waals surface area contributed by atoms with Crippen molar-refractivity contribution < 1.29 is 8.42 Å². The van der Waals surface area contributed by atoms with Crippen LogP contribution in [0.4, 0.5) is 0 Å². The molecule has 2 rings (SSSR count). The van der Waals surface area contributed by atoms with Gasteiger partial charge in [-0.15, -0.1) is 0 Å². The second-order valence-electron chi connectivity index (χ2n) is 5.93. The van der Waals surface area contributed by atoms with Gasteiger partial charge in [0, 0.05) is 13.1 Å². The molecule has 0 aromatic heterocycles. The van der Waals surface area contributed by atoms with Gasteiger partial charge in [-0.1, -0.05) is 13.0 Å². The molecule has 0 radical (unpaired) electrons. The van der Waals surface area contributed by atoms with E-state index in [4.69, 9.17) is 0 Å². The molecule has 1 unspecified atom stereocenters. The Kier molecular flexibility index (Phi) is 5.41. The van der Waals surface area contributed by atoms with Crippen LogP contribution in [0.25, 0.3) is 0 Å². The molecule has 0 spiro atoms. The summed E-state index contributed by atoms with van der Waals surface area (Å²) in [5, 5.41) is 3.32. The van der Waals surface area contributed by atoms with Crippen molar-refractivity contribution >= 4 is 10.0 Å². The van der Waals surface area contributed by atoms with Gasteiger partial charge in [0.15, 0.2) is 0 Å². The normalized spacial score (nSPS) is 20.6. The van der Waals surface area contributed by atoms with Crippen LogP contribution in [0.3, 0.4) is 0 Å². The van der Waals surface area contributed by atoms with Crippen LogP contribution in [0.15, 0.2) is 23.1 Å². The zero-order valence-electron chi connectivity index (χ0n) is 13.2. The summed E-state index contributed by atoms with van der Waals surface area (Å²) in [6.45, 7) is 9.13. The number of benzene rings is 1. The van der Waals surface area contributed by atoms with Gasteiger partial charge in [-0.2, -0.15) is 4.31 Å². The van der Waals surface area contributed by atoms with Gasteiger partial charge in [-0.25, -0.2) is 8.42 Å². The summed E-state index contributed by atoms with van der Waals surface area (Å²) in [4.78, 5) is 0.426. The van der Waals surface area contributed by atoms with Crippen LogP contribution in [0, 0.1) is 19.8 Å². The number of nitrogens with zero attached hydrogens (tertiary/aromatic N) is 1. The van der Waals surface area contributed by atoms with E-state index in [-0.39, 0.29) is 0 Å². The molecular formula is C16H26N2O2S. The lowest BCUT2D eigenvalue weighted by molar-refractivity contribution is 0.261. The highest BCUT2D eigenvalue weighted by Crippen LogP contribution is 2.24. The summed E-state index contributed by atoms with van der Waals surface area (Å²) in [5.41, 5.74) is 2.15. The maximum absolute atomic E-state index is 12.8. The molecule has 1 heterocycles. The maximum atomic E-state index is 12.8. The molecule has 118 valence electrons. The van der Waals surface area contributed by atoms with E-state index in [1.165, 1.54) is 0 Å². The Balaban J connectivity index is 2.16. The first-order valence-corrected chi connectivity index (χ1v) is 9.17. The second-order valence-corrected chi connectivity index (χ2v) is 7.86. The lowest BCUT2D eigenvalue weighted by Crippen LogP contribution is -2.42. The van der Waals surface area contributed by atoms with Gasteiger partial charge in [0.25, 0.3) is 0 Å². The van der Waals surface area contributed by atoms with Crippen LogP contribution in [0.1, 0.15) is 30.9 Å². The van der Waals surface area contributed by atoms with Crippen molar-refractivity contribution in [2.75, 3.05) is 26.2 Å². The summed E-state index contributed by atoms with van der Waals surface area (Å²) >= 11 is 0. The molecule has 0 saturated carbocycles. The third-order valence-corrected chi connectivity index (χ3v) is 6.14. The van der Waals surface area contributed by atoms with Gasteiger partial charge in [0.1, 0.15) is 0 Å². The summed E-state index contributed by atoms with van der Waals surface area (Å²) in [7, 11) is -3.35. The molecule has 0 amide bonds. The lowest BCUT2D eigenvalue weighted by Gasteiger charge is -2.32. The number of sulfonamides is 1. The molecule has 1 aliphatic rings. The highest BCUT2D eigenvalue weighted by atomic mass is 32.2. The Morgan fingerprint density at radius 3 is 2.71 bits per heavy atom. The molecule has 1 fully saturated rings. The Hall–Kier alpha value is -0.910. The fourth-order valence-corrected chi connectivity index (χ4v) is 4.42. The number of hydrogen-bond donors (Lipinski definition) is 1. The van der Waals surface area contributed by atoms with Crippen LogP contribution >= 0.6 is 0 Å². The van der Waals surface area contributed by atoms with Crippen molar-refractivity contribution in [2.24, 2.45) is 5.92 Å². The summed E-state index contributed by atoms with van der Waals surface area (Å²) in [6.07, 6.45) is 2.05. The van der Waals surface area contributed by atoms with Gasteiger partial charge < -0.3 is 5.32 Å². The molecule has 21 heavy (non-hydrogen) atoms. The van der Waals surface area contributed by atoms with Gasteiger partial charge in [0.05, 0.1) is 4.90 Å². The predicted molar refractivity (Wildman–Crippen MR) is 85.9 cm³/mol. The number of aryl methyl sites for hydroxylation is 2. The first-order chi connectivity index (χ1) is 9.95. The average Bonchev–Trinajstić information content (AvgIpc) is 2.48. The van der Waals surface area contributed by atoms with E-state index in [9.17, 15) is 8.42 Å². The molecule has 4 nitrogen and oxygen atoms in total. The standard InChI is InChI=1S/C16H26N2O2S/c1-4-17-11-15-6-5-9-18(12-15)21(19,20)16-8-7-13(2)14(3)10-16/h7-8,10,15,17H,4-6,9,11-12H2,1-3H3. The van der Waals surface area contributed by atoms with Gasteiger partial charge >= 0.3 is 0 Å². The highest BCUT2D eigenvalue weighted by Gasteiger charge is 2.30. The molecular weight excluding hydrogens is 284 g/mol. The predicted octanol–water partition coefficient (Wildman–Crippen LogP) is 2.31. The van der Waals surface area contributed by atoms with Crippen molar-refractivity contribution in [2.45, 2.75) is 38.5 Å². The van der Waals surface area contributed by atoms with Crippen LogP contribution in [-0.2, 0) is 10.0 Å². The molecule has 1 aromatic carbocycles. The first-order valence-electron chi connectivity index (χ1n) is 7.73. The van der Waals surface area contributed by atoms with Gasteiger partial charge in [-0.05, 0) is 69.0 Å². The van der Waals surface area contributed by atoms with Crippen LogP contribution in [0.2, 0.25) is 0 Å². The van der Waals surface area contributed by atoms with Crippen molar-refractivity contribution in [3.8, 4) is 0 Å². The molecule has 5 heteroatoms. The first kappa shape index (κ1) is 16.5. The van der Waals surface area contributed by atoms with E-state index in [0.29, 0.717) is 23.9 Å². The molecule has 0 aliphatic carbocycles. The minimum atomic E-state index is -3.35. The van der Waals surface area contributed by atoms with E-state index >= 15 is 0 Å². The third-order valence-electron chi connectivity index (χ3n) is 4.28. The average molecular weight is 310 g/mol. The SMILES string of the molecule is CCNCC1CCCN(S(=O)(=O)c2ccc(C)c(C)c2)C1. The Labute approximate surface area is 128 Å². The van der Waals surface area contributed by atoms with E-state index < -0.39 is 10.0 Å². The van der Waals surface area contributed by atoms with Crippen LogP contribution < -0.4 is 5.32 Å². The largest absolute Gasteiger partial charge is 0.317 e. The molecule has 0 bridgehead atoms. The summed E-state index contributed by atoms with van der Waals surface area (Å²) < 4.78 is 27.2. The maximum Gasteiger partial charge on any atom is 0.243 e.